The normalized spacial score (nSPS) is 17.0. The van der Waals surface area contributed by atoms with Crippen LogP contribution in [0.2, 0.25) is 0 Å². The van der Waals surface area contributed by atoms with E-state index >= 15 is 0 Å². The Bertz CT molecular complexity index is 1900. The average Bonchev–Trinajstić information content (AvgIpc) is 3.14. The summed E-state index contributed by atoms with van der Waals surface area (Å²) >= 11 is 0. The Morgan fingerprint density at radius 2 is 1.49 bits per heavy atom. The summed E-state index contributed by atoms with van der Waals surface area (Å²) in [4.78, 5) is 5.07. The van der Waals surface area contributed by atoms with Crippen molar-refractivity contribution in [3.8, 4) is 17.2 Å². The van der Waals surface area contributed by atoms with Crippen molar-refractivity contribution in [1.29, 1.82) is 5.26 Å². The summed E-state index contributed by atoms with van der Waals surface area (Å²) in [5.41, 5.74) is 11.2. The van der Waals surface area contributed by atoms with Crippen LogP contribution in [-0.2, 0) is 15.3 Å². The highest BCUT2D eigenvalue weighted by Crippen LogP contribution is 2.55. The minimum atomic E-state index is -4.04. The fraction of sp³-hybridized carbons (Fsp3) is 0.257. The third-order valence-corrected chi connectivity index (χ3v) is 9.98. The molecule has 5 nitrogen and oxygen atoms in total. The number of allylic oxidation sites excluding steroid dienone is 4. The molecule has 0 aliphatic carbocycles. The topological polar surface area (TPSA) is 65.5 Å². The van der Waals surface area contributed by atoms with Gasteiger partial charge in [0.2, 0.25) is 9.84 Å². The number of benzene rings is 3. The Morgan fingerprint density at radius 3 is 2.02 bits per heavy atom. The monoisotopic (exact) mass is 559 g/mol. The largest absolute Gasteiger partial charge is 0.299 e. The first-order valence-corrected chi connectivity index (χ1v) is 15.0. The lowest BCUT2D eigenvalue weighted by molar-refractivity contribution is 0.600. The van der Waals surface area contributed by atoms with Crippen molar-refractivity contribution in [3.63, 3.8) is 0 Å². The standard InChI is InChI=1S/C35H33N3O2S/c1-20-12-22(3)32(23(4)13-20)26-10-11-31-29(16-26)35(7,8)30-18-28(17-27(19-36)37-9)41(39,40)34(30)38(31)33-24(5)14-21(2)15-25(33)6/h10-18H,1-8H3/b27-17-. The number of aryl methyl sites for hydroxylation is 6. The summed E-state index contributed by atoms with van der Waals surface area (Å²) in [6, 6.07) is 16.6. The van der Waals surface area contributed by atoms with E-state index < -0.39 is 15.3 Å². The molecule has 206 valence electrons. The number of nitrogens with zero attached hydrogens (tertiary/aromatic N) is 3. The Hall–Kier alpha value is -4.39. The molecule has 0 spiro atoms. The van der Waals surface area contributed by atoms with Gasteiger partial charge >= 0.3 is 0 Å². The third kappa shape index (κ3) is 4.31. The van der Waals surface area contributed by atoms with Crippen LogP contribution in [-0.4, -0.2) is 8.42 Å². The van der Waals surface area contributed by atoms with Gasteiger partial charge in [-0.15, -0.1) is 0 Å². The van der Waals surface area contributed by atoms with Crippen LogP contribution in [0.5, 0.6) is 0 Å². The molecule has 3 aromatic carbocycles. The molecule has 2 heterocycles. The summed E-state index contributed by atoms with van der Waals surface area (Å²) in [5.74, 6) is 0. The second-order valence-corrected chi connectivity index (χ2v) is 13.6. The van der Waals surface area contributed by atoms with E-state index in [9.17, 15) is 13.7 Å². The van der Waals surface area contributed by atoms with Gasteiger partial charge < -0.3 is 0 Å². The quantitative estimate of drug-likeness (QED) is 0.238. The van der Waals surface area contributed by atoms with Crippen LogP contribution in [0.3, 0.4) is 0 Å². The summed E-state index contributed by atoms with van der Waals surface area (Å²) in [6.07, 6.45) is 2.84. The molecule has 0 unspecified atom stereocenters. The van der Waals surface area contributed by atoms with E-state index in [2.05, 4.69) is 62.0 Å². The maximum absolute atomic E-state index is 14.3. The number of anilines is 2. The van der Waals surface area contributed by atoms with Gasteiger partial charge in [-0.2, -0.15) is 0 Å². The van der Waals surface area contributed by atoms with Crippen LogP contribution in [0.25, 0.3) is 16.0 Å². The molecule has 0 atom stereocenters. The molecule has 0 amide bonds. The molecule has 0 saturated carbocycles. The number of fused-ring (bicyclic) bond motifs is 1. The molecule has 41 heavy (non-hydrogen) atoms. The van der Waals surface area contributed by atoms with Gasteiger partial charge in [-0.05, 0) is 110 Å². The first kappa shape index (κ1) is 28.1. The van der Waals surface area contributed by atoms with Crippen LogP contribution in [0, 0.1) is 59.4 Å². The van der Waals surface area contributed by atoms with Crippen molar-refractivity contribution >= 4 is 21.2 Å². The van der Waals surface area contributed by atoms with Crippen LogP contribution >= 0.6 is 0 Å². The summed E-state index contributed by atoms with van der Waals surface area (Å²) in [7, 11) is -4.04. The van der Waals surface area contributed by atoms with Gasteiger partial charge in [0.05, 0.1) is 28.9 Å². The van der Waals surface area contributed by atoms with E-state index in [-0.39, 0.29) is 15.6 Å². The number of hydrogen-bond acceptors (Lipinski definition) is 4. The molecule has 5 rings (SSSR count). The fourth-order valence-electron chi connectivity index (χ4n) is 6.59. The van der Waals surface area contributed by atoms with Gasteiger partial charge in [-0.3, -0.25) is 4.90 Å². The average molecular weight is 560 g/mol. The summed E-state index contributed by atoms with van der Waals surface area (Å²) in [6.45, 7) is 23.8. The molecule has 0 N–H and O–H groups in total. The molecule has 0 radical (unpaired) electrons. The highest BCUT2D eigenvalue weighted by atomic mass is 32.2. The van der Waals surface area contributed by atoms with E-state index in [1.165, 1.54) is 28.3 Å². The number of nitriles is 1. The second kappa shape index (κ2) is 9.61. The van der Waals surface area contributed by atoms with Crippen molar-refractivity contribution in [2.24, 2.45) is 0 Å². The third-order valence-electron chi connectivity index (χ3n) is 8.21. The molecular weight excluding hydrogens is 526 g/mol. The van der Waals surface area contributed by atoms with Crippen molar-refractivity contribution in [2.75, 3.05) is 4.90 Å². The summed E-state index contributed by atoms with van der Waals surface area (Å²) < 4.78 is 28.5. The lowest BCUT2D eigenvalue weighted by Crippen LogP contribution is -2.35. The lowest BCUT2D eigenvalue weighted by Gasteiger charge is -2.42. The predicted octanol–water partition coefficient (Wildman–Crippen LogP) is 8.48. The molecule has 6 heteroatoms. The molecule has 0 fully saturated rings. The zero-order valence-corrected chi connectivity index (χ0v) is 25.6. The minimum absolute atomic E-state index is 0.0335. The minimum Gasteiger partial charge on any atom is -0.299 e. The summed E-state index contributed by atoms with van der Waals surface area (Å²) in [5, 5.41) is 9.60. The number of hydrogen-bond donors (Lipinski definition) is 0. The van der Waals surface area contributed by atoms with Crippen LogP contribution in [0.4, 0.5) is 11.4 Å². The first-order chi connectivity index (χ1) is 19.2. The zero-order valence-electron chi connectivity index (χ0n) is 24.8. The van der Waals surface area contributed by atoms with Gasteiger partial charge in [0.25, 0.3) is 5.70 Å². The number of sulfone groups is 1. The van der Waals surface area contributed by atoms with Crippen LogP contribution in [0.1, 0.15) is 52.8 Å². The Labute approximate surface area is 243 Å². The van der Waals surface area contributed by atoms with Crippen LogP contribution in [0.15, 0.2) is 75.8 Å². The Morgan fingerprint density at radius 1 is 0.927 bits per heavy atom. The van der Waals surface area contributed by atoms with Crippen molar-refractivity contribution in [3.05, 3.63) is 126 Å². The first-order valence-electron chi connectivity index (χ1n) is 13.5. The van der Waals surface area contributed by atoms with Crippen molar-refractivity contribution in [2.45, 2.75) is 60.8 Å². The maximum Gasteiger partial charge on any atom is 0.263 e. The highest BCUT2D eigenvalue weighted by Gasteiger charge is 2.48. The lowest BCUT2D eigenvalue weighted by atomic mass is 9.73. The smallest absolute Gasteiger partial charge is 0.263 e. The molecule has 2 aliphatic rings. The molecular formula is C35H33N3O2S. The highest BCUT2D eigenvalue weighted by molar-refractivity contribution is 7.99. The van der Waals surface area contributed by atoms with Gasteiger partial charge in [-0.1, -0.05) is 55.3 Å². The molecule has 0 aromatic heterocycles. The number of rotatable bonds is 3. The van der Waals surface area contributed by atoms with E-state index in [4.69, 9.17) is 6.57 Å². The van der Waals surface area contributed by atoms with Gasteiger partial charge in [-0.25, -0.2) is 18.5 Å². The zero-order chi connectivity index (χ0) is 30.0. The molecule has 0 bridgehead atoms. The molecule has 2 aliphatic heterocycles. The Balaban J connectivity index is 1.86. The van der Waals surface area contributed by atoms with E-state index in [0.717, 1.165) is 39.2 Å². The van der Waals surface area contributed by atoms with E-state index in [1.807, 2.05) is 51.7 Å². The molecule has 3 aromatic rings. The molecule has 0 saturated heterocycles. The SMILES string of the molecule is [C-]#[N+]/C(C#N)=C\C1=CC2=C(N(c3c(C)cc(C)cc3C)c3ccc(-c4c(C)cc(C)cc4C)cc3C2(C)C)S1(=O)=O. The van der Waals surface area contributed by atoms with Crippen LogP contribution < -0.4 is 4.90 Å². The second-order valence-electron chi connectivity index (χ2n) is 11.7. The van der Waals surface area contributed by atoms with Gasteiger partial charge in [0, 0.05) is 5.41 Å². The van der Waals surface area contributed by atoms with E-state index in [0.29, 0.717) is 5.57 Å². The fourth-order valence-corrected chi connectivity index (χ4v) is 8.39. The van der Waals surface area contributed by atoms with Crippen molar-refractivity contribution < 1.29 is 8.42 Å². The Kier molecular flexibility index (Phi) is 6.60. The van der Waals surface area contributed by atoms with Gasteiger partial charge in [0.15, 0.2) is 0 Å². The maximum atomic E-state index is 14.3. The van der Waals surface area contributed by atoms with E-state index in [1.54, 1.807) is 6.08 Å². The van der Waals surface area contributed by atoms with Gasteiger partial charge in [0.1, 0.15) is 5.03 Å². The van der Waals surface area contributed by atoms with Crippen molar-refractivity contribution in [1.82, 2.24) is 0 Å². The predicted molar refractivity (Wildman–Crippen MR) is 166 cm³/mol.